The number of nitrogens with two attached hydrogens (primary N) is 1. The second-order valence-corrected chi connectivity index (χ2v) is 6.15. The number of carbonyl (C=O) groups excluding carboxylic acids is 2. The second kappa shape index (κ2) is 10.1. The van der Waals surface area contributed by atoms with Gasteiger partial charge in [-0.3, -0.25) is 9.59 Å². The van der Waals surface area contributed by atoms with E-state index in [9.17, 15) is 19.5 Å². The molecule has 2 amide bonds. The van der Waals surface area contributed by atoms with Crippen LogP contribution in [0.25, 0.3) is 0 Å². The Labute approximate surface area is 148 Å². The van der Waals surface area contributed by atoms with Crippen molar-refractivity contribution in [2.24, 2.45) is 11.7 Å². The molecule has 0 saturated carbocycles. The maximum absolute atomic E-state index is 12.5. The summed E-state index contributed by atoms with van der Waals surface area (Å²) in [6.45, 7) is 5.86. The number of ether oxygens (including phenoxy) is 1. The maximum atomic E-state index is 12.5. The van der Waals surface area contributed by atoms with Gasteiger partial charge < -0.3 is 26.2 Å². The van der Waals surface area contributed by atoms with Gasteiger partial charge in [0.15, 0.2) is 0 Å². The van der Waals surface area contributed by atoms with Crippen LogP contribution in [0.5, 0.6) is 0 Å². The second-order valence-electron chi connectivity index (χ2n) is 6.15. The van der Waals surface area contributed by atoms with Crippen LogP contribution in [-0.4, -0.2) is 54.2 Å². The molecule has 0 radical (unpaired) electrons. The molecular formula is C17H29N3O5. The van der Waals surface area contributed by atoms with Gasteiger partial charge in [-0.25, -0.2) is 4.79 Å². The summed E-state index contributed by atoms with van der Waals surface area (Å²) in [7, 11) is 0. The highest BCUT2D eigenvalue weighted by atomic mass is 16.5. The predicted octanol–water partition coefficient (Wildman–Crippen LogP) is 0.171. The number of carboxylic acids is 1. The number of carboxylic acid groups (broad SMARTS) is 1. The van der Waals surface area contributed by atoms with Gasteiger partial charge in [0.05, 0.1) is 24.2 Å². The molecule has 1 aliphatic rings. The third-order valence-corrected chi connectivity index (χ3v) is 4.28. The van der Waals surface area contributed by atoms with E-state index in [1.54, 1.807) is 0 Å². The zero-order chi connectivity index (χ0) is 19.0. The Morgan fingerprint density at radius 3 is 2.48 bits per heavy atom. The molecule has 1 rings (SSSR count). The largest absolute Gasteiger partial charge is 0.478 e. The van der Waals surface area contributed by atoms with Crippen molar-refractivity contribution >= 4 is 17.8 Å². The molecule has 0 heterocycles. The summed E-state index contributed by atoms with van der Waals surface area (Å²) < 4.78 is 6.01. The highest BCUT2D eigenvalue weighted by Crippen LogP contribution is 2.29. The quantitative estimate of drug-likeness (QED) is 0.466. The summed E-state index contributed by atoms with van der Waals surface area (Å²) in [6.07, 6.45) is 2.27. The van der Waals surface area contributed by atoms with Gasteiger partial charge in [-0.15, -0.1) is 0 Å². The SMILES string of the molecule is CCC(CC)O[C@@H]1C=C(C(=O)O)C[C@H](C(=O)NCCN)[C@H]1NC(C)=O. The summed E-state index contributed by atoms with van der Waals surface area (Å²) in [6, 6.07) is -0.626. The van der Waals surface area contributed by atoms with Crippen molar-refractivity contribution in [1.82, 2.24) is 10.6 Å². The molecule has 25 heavy (non-hydrogen) atoms. The van der Waals surface area contributed by atoms with Gasteiger partial charge in [-0.1, -0.05) is 13.8 Å². The Hall–Kier alpha value is -1.93. The Kier molecular flexibility index (Phi) is 8.57. The van der Waals surface area contributed by atoms with Crippen LogP contribution in [0.15, 0.2) is 11.6 Å². The summed E-state index contributed by atoms with van der Waals surface area (Å²) in [5.41, 5.74) is 5.53. The molecule has 0 unspecified atom stereocenters. The maximum Gasteiger partial charge on any atom is 0.331 e. The molecule has 0 fully saturated rings. The van der Waals surface area contributed by atoms with Crippen LogP contribution in [0, 0.1) is 5.92 Å². The molecule has 8 heteroatoms. The van der Waals surface area contributed by atoms with Crippen LogP contribution in [0.2, 0.25) is 0 Å². The molecule has 1 aliphatic carbocycles. The van der Waals surface area contributed by atoms with E-state index in [1.807, 2.05) is 13.8 Å². The van der Waals surface area contributed by atoms with Gasteiger partial charge in [0.2, 0.25) is 11.8 Å². The topological polar surface area (TPSA) is 131 Å². The molecule has 3 atom stereocenters. The van der Waals surface area contributed by atoms with Crippen LogP contribution < -0.4 is 16.4 Å². The fourth-order valence-electron chi connectivity index (χ4n) is 2.95. The molecule has 0 saturated heterocycles. The van der Waals surface area contributed by atoms with Crippen molar-refractivity contribution in [1.29, 1.82) is 0 Å². The van der Waals surface area contributed by atoms with Gasteiger partial charge in [0.1, 0.15) is 0 Å². The fourth-order valence-corrected chi connectivity index (χ4v) is 2.95. The Morgan fingerprint density at radius 1 is 1.36 bits per heavy atom. The number of rotatable bonds is 9. The van der Waals surface area contributed by atoms with E-state index < -0.39 is 24.0 Å². The zero-order valence-electron chi connectivity index (χ0n) is 15.1. The van der Waals surface area contributed by atoms with Crippen LogP contribution >= 0.6 is 0 Å². The van der Waals surface area contributed by atoms with E-state index in [2.05, 4.69) is 10.6 Å². The first-order valence-corrected chi connectivity index (χ1v) is 8.68. The molecule has 8 nitrogen and oxygen atoms in total. The van der Waals surface area contributed by atoms with Crippen molar-refractivity contribution in [3.8, 4) is 0 Å². The van der Waals surface area contributed by atoms with Crippen LogP contribution in [-0.2, 0) is 19.1 Å². The third kappa shape index (κ3) is 6.13. The lowest BCUT2D eigenvalue weighted by Crippen LogP contribution is -2.55. The van der Waals surface area contributed by atoms with Gasteiger partial charge in [0, 0.05) is 25.6 Å². The minimum atomic E-state index is -1.09. The van der Waals surface area contributed by atoms with Crippen molar-refractivity contribution in [3.63, 3.8) is 0 Å². The number of hydrogen-bond acceptors (Lipinski definition) is 5. The molecular weight excluding hydrogens is 326 g/mol. The number of aliphatic carboxylic acids is 1. The van der Waals surface area contributed by atoms with Crippen molar-refractivity contribution in [2.75, 3.05) is 13.1 Å². The predicted molar refractivity (Wildman–Crippen MR) is 92.7 cm³/mol. The average molecular weight is 355 g/mol. The number of nitrogens with one attached hydrogen (secondary N) is 2. The van der Waals surface area contributed by atoms with Gasteiger partial charge >= 0.3 is 5.97 Å². The van der Waals surface area contributed by atoms with Crippen molar-refractivity contribution in [3.05, 3.63) is 11.6 Å². The monoisotopic (exact) mass is 355 g/mol. The fraction of sp³-hybridized carbons (Fsp3) is 0.706. The van der Waals surface area contributed by atoms with E-state index in [1.165, 1.54) is 13.0 Å². The summed E-state index contributed by atoms with van der Waals surface area (Å²) in [5, 5.41) is 14.8. The van der Waals surface area contributed by atoms with E-state index in [0.717, 1.165) is 12.8 Å². The van der Waals surface area contributed by atoms with Gasteiger partial charge in [-0.2, -0.15) is 0 Å². The first kappa shape index (κ1) is 21.1. The van der Waals surface area contributed by atoms with Gasteiger partial charge in [-0.05, 0) is 25.3 Å². The molecule has 0 spiro atoms. The first-order chi connectivity index (χ1) is 11.8. The minimum absolute atomic E-state index is 0.0272. The van der Waals surface area contributed by atoms with Crippen LogP contribution in [0.1, 0.15) is 40.0 Å². The van der Waals surface area contributed by atoms with E-state index in [4.69, 9.17) is 10.5 Å². The number of hydrogen-bond donors (Lipinski definition) is 4. The highest BCUT2D eigenvalue weighted by molar-refractivity contribution is 5.90. The Morgan fingerprint density at radius 2 is 2.00 bits per heavy atom. The zero-order valence-corrected chi connectivity index (χ0v) is 15.1. The van der Waals surface area contributed by atoms with Gasteiger partial charge in [0.25, 0.3) is 0 Å². The molecule has 5 N–H and O–H groups in total. The lowest BCUT2D eigenvalue weighted by Gasteiger charge is -2.37. The third-order valence-electron chi connectivity index (χ3n) is 4.28. The van der Waals surface area contributed by atoms with Crippen LogP contribution in [0.3, 0.4) is 0 Å². The number of carbonyl (C=O) groups is 3. The molecule has 0 aromatic carbocycles. The van der Waals surface area contributed by atoms with E-state index >= 15 is 0 Å². The first-order valence-electron chi connectivity index (χ1n) is 8.68. The smallest absolute Gasteiger partial charge is 0.331 e. The summed E-state index contributed by atoms with van der Waals surface area (Å²) in [5.74, 6) is -2.46. The van der Waals surface area contributed by atoms with E-state index in [0.29, 0.717) is 0 Å². The molecule has 0 bridgehead atoms. The Balaban J connectivity index is 3.16. The average Bonchev–Trinajstić information content (AvgIpc) is 2.57. The molecule has 0 aromatic heterocycles. The standard InChI is InChI=1S/C17H29N3O5/c1-4-12(5-2)25-14-9-11(17(23)24)8-13(15(14)20-10(3)21)16(22)19-7-6-18/h9,12-15H,4-8,18H2,1-3H3,(H,19,22)(H,20,21)(H,23,24)/t13-,14+,15+/m0/s1. The molecule has 0 aromatic rings. The highest BCUT2D eigenvalue weighted by Gasteiger charge is 2.40. The summed E-state index contributed by atoms with van der Waals surface area (Å²) in [4.78, 5) is 35.6. The normalized spacial score (nSPS) is 23.1. The lowest BCUT2D eigenvalue weighted by atomic mass is 9.81. The van der Waals surface area contributed by atoms with Crippen molar-refractivity contribution < 1.29 is 24.2 Å². The lowest BCUT2D eigenvalue weighted by molar-refractivity contribution is -0.134. The van der Waals surface area contributed by atoms with Crippen LogP contribution in [0.4, 0.5) is 0 Å². The van der Waals surface area contributed by atoms with E-state index in [-0.39, 0.29) is 43.0 Å². The Bertz CT molecular complexity index is 516. The minimum Gasteiger partial charge on any atom is -0.478 e. The molecule has 142 valence electrons. The number of amides is 2. The molecule has 0 aliphatic heterocycles. The summed E-state index contributed by atoms with van der Waals surface area (Å²) >= 11 is 0. The van der Waals surface area contributed by atoms with Crippen molar-refractivity contribution in [2.45, 2.75) is 58.3 Å².